The monoisotopic (exact) mass is 442 g/mol. The summed E-state index contributed by atoms with van der Waals surface area (Å²) in [6.45, 7) is 3.11. The van der Waals surface area contributed by atoms with Gasteiger partial charge in [-0.3, -0.25) is 0 Å². The minimum atomic E-state index is -0.294. The maximum atomic E-state index is 14.1. The van der Waals surface area contributed by atoms with Crippen molar-refractivity contribution in [3.8, 4) is 5.75 Å². The van der Waals surface area contributed by atoms with Gasteiger partial charge in [0.05, 0.1) is 6.33 Å². The third-order valence-corrected chi connectivity index (χ3v) is 5.61. The van der Waals surface area contributed by atoms with Gasteiger partial charge in [-0.15, -0.1) is 12.6 Å². The van der Waals surface area contributed by atoms with Gasteiger partial charge in [-0.05, 0) is 43.8 Å². The van der Waals surface area contributed by atoms with E-state index in [1.54, 1.807) is 6.33 Å². The van der Waals surface area contributed by atoms with E-state index in [1.165, 1.54) is 11.6 Å². The predicted molar refractivity (Wildman–Crippen MR) is 126 cm³/mol. The molecule has 0 amide bonds. The highest BCUT2D eigenvalue weighted by Crippen LogP contribution is 2.38. The molecule has 0 saturated carbocycles. The first kappa shape index (κ1) is 23.3. The lowest BCUT2D eigenvalue weighted by molar-refractivity contribution is 0.0928. The molecule has 3 aromatic rings. The number of benzene rings is 2. The summed E-state index contributed by atoms with van der Waals surface area (Å²) in [5.74, 6) is 0.0575. The Morgan fingerprint density at radius 1 is 1.16 bits per heavy atom. The molecule has 1 fully saturated rings. The number of thiol groups is 1. The fourth-order valence-corrected chi connectivity index (χ4v) is 4.21. The molecule has 0 atom stereocenters. The van der Waals surface area contributed by atoms with Crippen LogP contribution in [0.15, 0.2) is 66.1 Å². The van der Waals surface area contributed by atoms with Gasteiger partial charge in [-0.2, -0.15) is 0 Å². The van der Waals surface area contributed by atoms with Crippen molar-refractivity contribution in [2.45, 2.75) is 16.9 Å². The highest BCUT2D eigenvalue weighted by molar-refractivity contribution is 7.80. The molecule has 1 saturated heterocycles. The van der Waals surface area contributed by atoms with Crippen LogP contribution >= 0.6 is 12.6 Å². The molecule has 2 heterocycles. The lowest BCUT2D eigenvalue weighted by atomic mass is 9.70. The second-order valence-corrected chi connectivity index (χ2v) is 8.57. The Hall–Kier alpha value is -2.35. The summed E-state index contributed by atoms with van der Waals surface area (Å²) in [6.07, 6.45) is 4.51. The third-order valence-electron chi connectivity index (χ3n) is 5.37. The maximum Gasteiger partial charge on any atom is 0.165 e. The fraction of sp³-hybridized carbons (Fsp3) is 0.375. The van der Waals surface area contributed by atoms with E-state index in [2.05, 4.69) is 59.1 Å². The number of nitrogens with zero attached hydrogens (tertiary/aromatic N) is 3. The van der Waals surface area contributed by atoms with Crippen LogP contribution in [0.5, 0.6) is 5.75 Å². The summed E-state index contributed by atoms with van der Waals surface area (Å²) >= 11 is 3.97. The standard InChI is InChI=1S/C20H25FN2O.C4H6N2S/c1-22-10-11-24-19-12-17(8-9-18(19)21)20(14-23(2)15-20)13-16-6-4-3-5-7-16;1-6-2-4(7)5-3-6/h3-9,12,22H,10-11,13-15H2,1-2H3;2-3,7H,1H3. The summed E-state index contributed by atoms with van der Waals surface area (Å²) in [5, 5.41) is 3.78. The minimum Gasteiger partial charge on any atom is -0.489 e. The normalized spacial score (nSPS) is 15.0. The number of imidazole rings is 1. The molecule has 5 nitrogen and oxygen atoms in total. The van der Waals surface area contributed by atoms with Gasteiger partial charge in [0.25, 0.3) is 0 Å². The predicted octanol–water partition coefficient (Wildman–Crippen LogP) is 3.56. The van der Waals surface area contributed by atoms with Gasteiger partial charge in [0, 0.05) is 38.3 Å². The SMILES string of the molecule is CNCCOc1cc(C2(Cc3ccccc3)CN(C)C2)ccc1F.Cn1cnc(S)c1. The van der Waals surface area contributed by atoms with Crippen LogP contribution in [0, 0.1) is 5.82 Å². The Kier molecular flexibility index (Phi) is 8.12. The molecule has 2 aromatic carbocycles. The Labute approximate surface area is 189 Å². The molecule has 1 aliphatic rings. The van der Waals surface area contributed by atoms with Crippen molar-refractivity contribution >= 4 is 12.6 Å². The van der Waals surface area contributed by atoms with Crippen LogP contribution in [-0.4, -0.2) is 54.8 Å². The van der Waals surface area contributed by atoms with Gasteiger partial charge >= 0.3 is 0 Å². The van der Waals surface area contributed by atoms with Gasteiger partial charge in [-0.25, -0.2) is 9.37 Å². The van der Waals surface area contributed by atoms with Crippen LogP contribution in [-0.2, 0) is 18.9 Å². The smallest absolute Gasteiger partial charge is 0.165 e. The number of aryl methyl sites for hydroxylation is 1. The molecule has 1 aliphatic heterocycles. The van der Waals surface area contributed by atoms with Crippen molar-refractivity contribution in [1.29, 1.82) is 0 Å². The highest BCUT2D eigenvalue weighted by atomic mass is 32.1. The van der Waals surface area contributed by atoms with Crippen LogP contribution in [0.1, 0.15) is 11.1 Å². The van der Waals surface area contributed by atoms with E-state index in [0.717, 1.165) is 30.1 Å². The Bertz CT molecular complexity index is 941. The largest absolute Gasteiger partial charge is 0.489 e. The summed E-state index contributed by atoms with van der Waals surface area (Å²) in [6, 6.07) is 15.8. The van der Waals surface area contributed by atoms with E-state index in [-0.39, 0.29) is 11.2 Å². The van der Waals surface area contributed by atoms with Crippen molar-refractivity contribution in [2.75, 3.05) is 40.3 Å². The lowest BCUT2D eigenvalue weighted by Gasteiger charge is -2.49. The molecule has 0 aliphatic carbocycles. The number of hydrogen-bond acceptors (Lipinski definition) is 5. The van der Waals surface area contributed by atoms with Crippen LogP contribution in [0.3, 0.4) is 0 Å². The van der Waals surface area contributed by atoms with E-state index >= 15 is 0 Å². The molecule has 7 heteroatoms. The van der Waals surface area contributed by atoms with E-state index in [1.807, 2.05) is 43.1 Å². The number of rotatable bonds is 7. The molecule has 0 unspecified atom stereocenters. The van der Waals surface area contributed by atoms with Crippen molar-refractivity contribution in [1.82, 2.24) is 19.8 Å². The van der Waals surface area contributed by atoms with Gasteiger partial charge < -0.3 is 19.5 Å². The van der Waals surface area contributed by atoms with Gasteiger partial charge in [0.1, 0.15) is 11.6 Å². The maximum absolute atomic E-state index is 14.1. The molecule has 4 rings (SSSR count). The van der Waals surface area contributed by atoms with E-state index < -0.39 is 0 Å². The van der Waals surface area contributed by atoms with Crippen molar-refractivity contribution in [3.05, 3.63) is 78.0 Å². The molecule has 0 bridgehead atoms. The second kappa shape index (κ2) is 10.8. The van der Waals surface area contributed by atoms with Crippen molar-refractivity contribution in [3.63, 3.8) is 0 Å². The number of hydrogen-bond donors (Lipinski definition) is 2. The number of aromatic nitrogens is 2. The molecule has 1 aromatic heterocycles. The van der Waals surface area contributed by atoms with Crippen LogP contribution in [0.2, 0.25) is 0 Å². The number of nitrogens with one attached hydrogen (secondary N) is 1. The van der Waals surface area contributed by atoms with Gasteiger partial charge in [0.15, 0.2) is 11.6 Å². The topological polar surface area (TPSA) is 42.3 Å². The Morgan fingerprint density at radius 2 is 1.90 bits per heavy atom. The molecule has 0 radical (unpaired) electrons. The zero-order valence-electron chi connectivity index (χ0n) is 18.4. The lowest BCUT2D eigenvalue weighted by Crippen LogP contribution is -2.58. The molecule has 0 spiro atoms. The average Bonchev–Trinajstić information content (AvgIpc) is 3.12. The zero-order valence-corrected chi connectivity index (χ0v) is 19.3. The fourth-order valence-electron chi connectivity index (χ4n) is 3.98. The number of likely N-dealkylation sites (tertiary alicyclic amines) is 1. The number of halogens is 1. The molecular formula is C24H31FN4OS. The Balaban J connectivity index is 0.000000330. The van der Waals surface area contributed by atoms with Crippen molar-refractivity contribution in [2.24, 2.45) is 7.05 Å². The van der Waals surface area contributed by atoms with Crippen LogP contribution in [0.25, 0.3) is 0 Å². The summed E-state index contributed by atoms with van der Waals surface area (Å²) in [5.41, 5.74) is 2.50. The molecule has 1 N–H and O–H groups in total. The summed E-state index contributed by atoms with van der Waals surface area (Å²) in [4.78, 5) is 6.14. The first-order chi connectivity index (χ1) is 14.9. The van der Waals surface area contributed by atoms with E-state index in [0.29, 0.717) is 18.9 Å². The first-order valence-corrected chi connectivity index (χ1v) is 10.8. The summed E-state index contributed by atoms with van der Waals surface area (Å²) in [7, 11) is 5.89. The molecular weight excluding hydrogens is 411 g/mol. The van der Waals surface area contributed by atoms with E-state index in [9.17, 15) is 4.39 Å². The molecule has 166 valence electrons. The number of likely N-dealkylation sites (N-methyl/N-ethyl adjacent to an activating group) is 2. The third kappa shape index (κ3) is 6.32. The molecule has 31 heavy (non-hydrogen) atoms. The Morgan fingerprint density at radius 3 is 2.45 bits per heavy atom. The highest BCUT2D eigenvalue weighted by Gasteiger charge is 2.42. The summed E-state index contributed by atoms with van der Waals surface area (Å²) < 4.78 is 21.5. The quantitative estimate of drug-likeness (QED) is 0.434. The van der Waals surface area contributed by atoms with Gasteiger partial charge in [-0.1, -0.05) is 36.4 Å². The average molecular weight is 443 g/mol. The minimum absolute atomic E-state index is 0.0327. The first-order valence-electron chi connectivity index (χ1n) is 10.4. The zero-order chi connectivity index (χ0) is 22.3. The van der Waals surface area contributed by atoms with Crippen LogP contribution in [0.4, 0.5) is 4.39 Å². The number of ether oxygens (including phenoxy) is 1. The van der Waals surface area contributed by atoms with Crippen molar-refractivity contribution < 1.29 is 9.13 Å². The van der Waals surface area contributed by atoms with Crippen LogP contribution < -0.4 is 10.1 Å². The second-order valence-electron chi connectivity index (χ2n) is 8.11. The van der Waals surface area contributed by atoms with Gasteiger partial charge in [0.2, 0.25) is 0 Å². The van der Waals surface area contributed by atoms with E-state index in [4.69, 9.17) is 4.74 Å².